The molecule has 0 saturated carbocycles. The van der Waals surface area contributed by atoms with Crippen molar-refractivity contribution in [2.45, 2.75) is 38.7 Å². The van der Waals surface area contributed by atoms with Crippen molar-refractivity contribution in [1.82, 2.24) is 9.97 Å². The molecule has 0 aliphatic carbocycles. The minimum Gasteiger partial charge on any atom is -0.393 e. The number of aliphatic hydroxyl groups is 1. The summed E-state index contributed by atoms with van der Waals surface area (Å²) < 4.78 is 28.7. The number of aliphatic hydroxyl groups excluding tert-OH is 1. The van der Waals surface area contributed by atoms with Gasteiger partial charge in [0.15, 0.2) is 17.5 Å². The van der Waals surface area contributed by atoms with Crippen LogP contribution in [0.2, 0.25) is 0 Å². The average molecular weight is 421 g/mol. The number of rotatable bonds is 9. The summed E-state index contributed by atoms with van der Waals surface area (Å²) in [6.45, 7) is 5.36. The topological polar surface area (TPSA) is 46.0 Å². The maximum absolute atomic E-state index is 14.5. The Bertz CT molecular complexity index is 1040. The summed E-state index contributed by atoms with van der Waals surface area (Å²) in [6, 6.07) is 10.2. The lowest BCUT2D eigenvalue weighted by Crippen LogP contribution is -1.97. The molecule has 0 radical (unpaired) electrons. The van der Waals surface area contributed by atoms with Crippen LogP contribution in [0.4, 0.5) is 8.78 Å². The zero-order valence-corrected chi connectivity index (χ0v) is 17.6. The van der Waals surface area contributed by atoms with Crippen LogP contribution < -0.4 is 0 Å². The smallest absolute Gasteiger partial charge is 0.166 e. The van der Waals surface area contributed by atoms with Crippen molar-refractivity contribution in [3.05, 3.63) is 90.3 Å². The predicted octanol–water partition coefficient (Wildman–Crippen LogP) is 6.38. The number of halogens is 2. The first kappa shape index (κ1) is 22.5. The fourth-order valence-corrected chi connectivity index (χ4v) is 3.25. The molecule has 3 aromatic rings. The molecule has 3 rings (SSSR count). The van der Waals surface area contributed by atoms with E-state index in [1.807, 2.05) is 12.2 Å². The molecular weight excluding hydrogens is 394 g/mol. The van der Waals surface area contributed by atoms with E-state index in [4.69, 9.17) is 0 Å². The third-order valence-corrected chi connectivity index (χ3v) is 4.96. The Morgan fingerprint density at radius 1 is 1.00 bits per heavy atom. The number of allylic oxidation sites excluding steroid dienone is 2. The van der Waals surface area contributed by atoms with Crippen LogP contribution in [0.25, 0.3) is 28.6 Å². The van der Waals surface area contributed by atoms with Crippen molar-refractivity contribution in [1.29, 1.82) is 0 Å². The van der Waals surface area contributed by atoms with E-state index in [2.05, 4.69) is 16.5 Å². The maximum atomic E-state index is 14.5. The molecule has 0 amide bonds. The van der Waals surface area contributed by atoms with Gasteiger partial charge in [-0.25, -0.2) is 18.7 Å². The Labute approximate surface area is 181 Å². The van der Waals surface area contributed by atoms with Crippen molar-refractivity contribution in [3.63, 3.8) is 0 Å². The largest absolute Gasteiger partial charge is 0.393 e. The van der Waals surface area contributed by atoms with Crippen molar-refractivity contribution < 1.29 is 13.9 Å². The fraction of sp³-hybridized carbons (Fsp3) is 0.231. The first-order valence-electron chi connectivity index (χ1n) is 10.3. The summed E-state index contributed by atoms with van der Waals surface area (Å²) >= 11 is 0. The van der Waals surface area contributed by atoms with Gasteiger partial charge in [0.05, 0.1) is 6.10 Å². The van der Waals surface area contributed by atoms with Crippen LogP contribution in [0.5, 0.6) is 0 Å². The van der Waals surface area contributed by atoms with Crippen molar-refractivity contribution >= 4 is 6.08 Å². The molecule has 5 heteroatoms. The molecule has 1 aromatic heterocycles. The molecule has 0 saturated heterocycles. The van der Waals surface area contributed by atoms with Gasteiger partial charge in [-0.2, -0.15) is 0 Å². The molecular formula is C26H26F2N2O. The summed E-state index contributed by atoms with van der Waals surface area (Å²) in [7, 11) is 0. The van der Waals surface area contributed by atoms with Gasteiger partial charge in [-0.1, -0.05) is 54.6 Å². The number of hydrogen-bond acceptors (Lipinski definition) is 3. The fourth-order valence-electron chi connectivity index (χ4n) is 3.25. The zero-order chi connectivity index (χ0) is 22.2. The number of hydrogen-bond donors (Lipinski definition) is 1. The van der Waals surface area contributed by atoms with Crippen LogP contribution in [0.3, 0.4) is 0 Å². The Kier molecular flexibility index (Phi) is 7.79. The van der Waals surface area contributed by atoms with Gasteiger partial charge in [0.1, 0.15) is 0 Å². The van der Waals surface area contributed by atoms with Gasteiger partial charge in [-0.3, -0.25) is 0 Å². The van der Waals surface area contributed by atoms with Crippen LogP contribution in [-0.4, -0.2) is 21.2 Å². The van der Waals surface area contributed by atoms with E-state index in [1.54, 1.807) is 61.8 Å². The molecule has 31 heavy (non-hydrogen) atoms. The molecule has 0 spiro atoms. The van der Waals surface area contributed by atoms with Gasteiger partial charge in [0.25, 0.3) is 0 Å². The lowest BCUT2D eigenvalue weighted by atomic mass is 10.00. The van der Waals surface area contributed by atoms with E-state index >= 15 is 0 Å². The highest BCUT2D eigenvalue weighted by atomic mass is 19.2. The molecule has 1 unspecified atom stereocenters. The highest BCUT2D eigenvalue weighted by Gasteiger charge is 2.14. The lowest BCUT2D eigenvalue weighted by Gasteiger charge is -2.08. The third kappa shape index (κ3) is 5.92. The lowest BCUT2D eigenvalue weighted by molar-refractivity contribution is 0.182. The van der Waals surface area contributed by atoms with Crippen LogP contribution in [-0.2, 0) is 6.42 Å². The first-order chi connectivity index (χ1) is 15.0. The predicted molar refractivity (Wildman–Crippen MR) is 121 cm³/mol. The molecule has 0 fully saturated rings. The highest BCUT2D eigenvalue weighted by molar-refractivity contribution is 5.68. The number of aromatic nitrogens is 2. The normalized spacial score (nSPS) is 12.3. The van der Waals surface area contributed by atoms with Crippen LogP contribution in [0.1, 0.15) is 37.3 Å². The Morgan fingerprint density at radius 3 is 2.32 bits per heavy atom. The van der Waals surface area contributed by atoms with E-state index in [9.17, 15) is 13.9 Å². The second kappa shape index (κ2) is 10.7. The van der Waals surface area contributed by atoms with Gasteiger partial charge in [-0.15, -0.1) is 6.58 Å². The minimum absolute atomic E-state index is 0.217. The number of benzene rings is 2. The van der Waals surface area contributed by atoms with E-state index in [0.29, 0.717) is 17.0 Å². The van der Waals surface area contributed by atoms with Gasteiger partial charge in [0, 0.05) is 29.1 Å². The van der Waals surface area contributed by atoms with Gasteiger partial charge < -0.3 is 5.11 Å². The molecule has 0 bridgehead atoms. The summed E-state index contributed by atoms with van der Waals surface area (Å²) in [6.07, 6.45) is 11.7. The number of unbranched alkanes of at least 4 members (excludes halogenated alkanes) is 1. The van der Waals surface area contributed by atoms with Crippen LogP contribution in [0.15, 0.2) is 67.5 Å². The summed E-state index contributed by atoms with van der Waals surface area (Å²) in [5.41, 5.74) is 2.78. The van der Waals surface area contributed by atoms with Crippen molar-refractivity contribution in [2.24, 2.45) is 0 Å². The number of nitrogens with zero attached hydrogens (tertiary/aromatic N) is 2. The maximum Gasteiger partial charge on any atom is 0.166 e. The molecule has 160 valence electrons. The summed E-state index contributed by atoms with van der Waals surface area (Å²) in [4.78, 5) is 8.79. The standard InChI is InChI=1S/C26H26F2N2O/c1-3-7-21-14-15-23(25(28)24(21)27)20-10-12-22(13-11-20)26-29-16-19(17-30-26)9-6-4-5-8-18(2)31/h3,6,9-18,31H,1,4-5,7-8H2,2H3. The molecule has 3 nitrogen and oxygen atoms in total. The molecule has 2 aromatic carbocycles. The average Bonchev–Trinajstić information content (AvgIpc) is 2.77. The molecule has 0 aliphatic rings. The summed E-state index contributed by atoms with van der Waals surface area (Å²) in [5, 5.41) is 9.26. The second-order valence-corrected chi connectivity index (χ2v) is 7.49. The molecule has 1 atom stereocenters. The molecule has 0 aliphatic heterocycles. The highest BCUT2D eigenvalue weighted by Crippen LogP contribution is 2.28. The van der Waals surface area contributed by atoms with Crippen molar-refractivity contribution in [2.75, 3.05) is 0 Å². The van der Waals surface area contributed by atoms with E-state index in [0.717, 1.165) is 30.4 Å². The second-order valence-electron chi connectivity index (χ2n) is 7.49. The van der Waals surface area contributed by atoms with Gasteiger partial charge >= 0.3 is 0 Å². The van der Waals surface area contributed by atoms with Crippen LogP contribution in [0, 0.1) is 11.6 Å². The Balaban J connectivity index is 1.70. The van der Waals surface area contributed by atoms with E-state index in [1.165, 1.54) is 0 Å². The SMILES string of the molecule is C=CCc1ccc(-c2ccc(-c3ncc(C=CCCCC(C)O)cn3)cc2)c(F)c1F. The minimum atomic E-state index is -0.854. The monoisotopic (exact) mass is 420 g/mol. The third-order valence-electron chi connectivity index (χ3n) is 4.96. The first-order valence-corrected chi connectivity index (χ1v) is 10.3. The van der Waals surface area contributed by atoms with Crippen molar-refractivity contribution in [3.8, 4) is 22.5 Å². The molecule has 1 heterocycles. The van der Waals surface area contributed by atoms with Crippen LogP contribution >= 0.6 is 0 Å². The van der Waals surface area contributed by atoms with E-state index in [-0.39, 0.29) is 18.1 Å². The Hall–Kier alpha value is -3.18. The zero-order valence-electron chi connectivity index (χ0n) is 17.6. The quantitative estimate of drug-likeness (QED) is 0.323. The summed E-state index contributed by atoms with van der Waals surface area (Å²) in [5.74, 6) is -1.13. The van der Waals surface area contributed by atoms with Gasteiger partial charge in [0.2, 0.25) is 0 Å². The van der Waals surface area contributed by atoms with E-state index < -0.39 is 11.6 Å². The van der Waals surface area contributed by atoms with Gasteiger partial charge in [-0.05, 0) is 43.7 Å². The Morgan fingerprint density at radius 2 is 1.68 bits per heavy atom. The molecule has 1 N–H and O–H groups in total.